The summed E-state index contributed by atoms with van der Waals surface area (Å²) in [5.41, 5.74) is 7.62. The quantitative estimate of drug-likeness (QED) is 0.550. The lowest BCUT2D eigenvalue weighted by atomic mass is 10.2. The average Bonchev–Trinajstić information content (AvgIpc) is 2.70. The van der Waals surface area contributed by atoms with Crippen LogP contribution in [0.1, 0.15) is 12.5 Å². The Bertz CT molecular complexity index is 778. The van der Waals surface area contributed by atoms with Crippen molar-refractivity contribution in [2.45, 2.75) is 13.5 Å². The van der Waals surface area contributed by atoms with Crippen molar-refractivity contribution in [2.24, 2.45) is 10.7 Å². The topological polar surface area (TPSA) is 89.2 Å². The molecule has 0 bridgehead atoms. The predicted octanol–water partition coefficient (Wildman–Crippen LogP) is 2.48. The monoisotopic (exact) mass is 370 g/mol. The van der Waals surface area contributed by atoms with Gasteiger partial charge in [-0.2, -0.15) is 0 Å². The highest BCUT2D eigenvalue weighted by Gasteiger charge is 2.12. The summed E-state index contributed by atoms with van der Waals surface area (Å²) >= 11 is 0. The first-order chi connectivity index (χ1) is 13.1. The summed E-state index contributed by atoms with van der Waals surface area (Å²) in [7, 11) is 3.14. The largest absolute Gasteiger partial charge is 0.497 e. The molecule has 0 radical (unpaired) electrons. The SMILES string of the molecule is CCN(Cc1ccccc1)C(=O)CN=C(N)Nc1cc(OC)ccc1OC. The number of likely N-dealkylation sites (N-methyl/N-ethyl adjacent to an activating group) is 1. The van der Waals surface area contributed by atoms with E-state index in [4.69, 9.17) is 15.2 Å². The molecule has 0 saturated heterocycles. The Kier molecular flexibility index (Phi) is 7.49. The summed E-state index contributed by atoms with van der Waals surface area (Å²) in [5.74, 6) is 1.29. The van der Waals surface area contributed by atoms with Crippen LogP contribution in [0.3, 0.4) is 0 Å². The lowest BCUT2D eigenvalue weighted by Gasteiger charge is -2.20. The van der Waals surface area contributed by atoms with E-state index in [1.165, 1.54) is 0 Å². The number of carbonyl (C=O) groups is 1. The van der Waals surface area contributed by atoms with E-state index in [2.05, 4.69) is 10.3 Å². The summed E-state index contributed by atoms with van der Waals surface area (Å²) in [6.45, 7) is 3.04. The summed E-state index contributed by atoms with van der Waals surface area (Å²) in [6, 6.07) is 15.1. The number of anilines is 1. The molecule has 2 aromatic carbocycles. The van der Waals surface area contributed by atoms with Crippen molar-refractivity contribution in [1.29, 1.82) is 0 Å². The molecule has 0 fully saturated rings. The molecule has 0 heterocycles. The molecular formula is C20H26N4O3. The van der Waals surface area contributed by atoms with Gasteiger partial charge in [0, 0.05) is 19.2 Å². The van der Waals surface area contributed by atoms with E-state index in [-0.39, 0.29) is 18.4 Å². The van der Waals surface area contributed by atoms with Crippen LogP contribution < -0.4 is 20.5 Å². The molecule has 144 valence electrons. The van der Waals surface area contributed by atoms with Crippen LogP contribution >= 0.6 is 0 Å². The van der Waals surface area contributed by atoms with Gasteiger partial charge in [0.1, 0.15) is 18.0 Å². The zero-order valence-electron chi connectivity index (χ0n) is 15.9. The lowest BCUT2D eigenvalue weighted by molar-refractivity contribution is -0.130. The molecule has 0 aliphatic heterocycles. The number of carbonyl (C=O) groups excluding carboxylic acids is 1. The number of amides is 1. The molecule has 0 saturated carbocycles. The van der Waals surface area contributed by atoms with Crippen molar-refractivity contribution >= 4 is 17.6 Å². The third-order valence-corrected chi connectivity index (χ3v) is 4.00. The number of benzene rings is 2. The number of nitrogens with one attached hydrogen (secondary N) is 1. The normalized spacial score (nSPS) is 11.0. The number of hydrogen-bond acceptors (Lipinski definition) is 4. The fraction of sp³-hybridized carbons (Fsp3) is 0.300. The van der Waals surface area contributed by atoms with Crippen LogP contribution in [0.2, 0.25) is 0 Å². The maximum absolute atomic E-state index is 12.4. The van der Waals surface area contributed by atoms with E-state index in [0.29, 0.717) is 30.3 Å². The molecule has 1 amide bonds. The van der Waals surface area contributed by atoms with E-state index >= 15 is 0 Å². The highest BCUT2D eigenvalue weighted by Crippen LogP contribution is 2.28. The van der Waals surface area contributed by atoms with Crippen LogP contribution in [0.25, 0.3) is 0 Å². The van der Waals surface area contributed by atoms with Gasteiger partial charge < -0.3 is 25.4 Å². The summed E-state index contributed by atoms with van der Waals surface area (Å²) in [4.78, 5) is 18.3. The smallest absolute Gasteiger partial charge is 0.244 e. The fourth-order valence-corrected chi connectivity index (χ4v) is 2.52. The van der Waals surface area contributed by atoms with Crippen molar-refractivity contribution in [3.8, 4) is 11.5 Å². The minimum absolute atomic E-state index is 0.0359. The number of nitrogens with zero attached hydrogens (tertiary/aromatic N) is 2. The molecule has 7 heteroatoms. The standard InChI is InChI=1S/C20H26N4O3/c1-4-24(14-15-8-6-5-7-9-15)19(25)13-22-20(21)23-17-12-16(26-2)10-11-18(17)27-3/h5-12H,4,13-14H2,1-3H3,(H3,21,22,23). The van der Waals surface area contributed by atoms with Gasteiger partial charge >= 0.3 is 0 Å². The number of guanidine groups is 1. The van der Waals surface area contributed by atoms with Crippen molar-refractivity contribution in [3.05, 3.63) is 54.1 Å². The van der Waals surface area contributed by atoms with Crippen LogP contribution in [0.15, 0.2) is 53.5 Å². The Labute approximate surface area is 159 Å². The van der Waals surface area contributed by atoms with E-state index in [1.54, 1.807) is 37.3 Å². The Hall–Kier alpha value is -3.22. The number of nitrogens with two attached hydrogens (primary N) is 1. The Morgan fingerprint density at radius 2 is 1.89 bits per heavy atom. The summed E-state index contributed by atoms with van der Waals surface area (Å²) < 4.78 is 10.5. The maximum Gasteiger partial charge on any atom is 0.244 e. The van der Waals surface area contributed by atoms with Gasteiger partial charge in [-0.1, -0.05) is 30.3 Å². The van der Waals surface area contributed by atoms with Crippen LogP contribution in [0, 0.1) is 0 Å². The van der Waals surface area contributed by atoms with Crippen LogP contribution in [0.5, 0.6) is 11.5 Å². The van der Waals surface area contributed by atoms with E-state index in [0.717, 1.165) is 5.56 Å². The molecular weight excluding hydrogens is 344 g/mol. The molecule has 0 aromatic heterocycles. The van der Waals surface area contributed by atoms with Crippen molar-refractivity contribution < 1.29 is 14.3 Å². The minimum atomic E-state index is -0.0938. The lowest BCUT2D eigenvalue weighted by Crippen LogP contribution is -2.33. The number of methoxy groups -OCH3 is 2. The highest BCUT2D eigenvalue weighted by molar-refractivity contribution is 5.95. The second-order valence-corrected chi connectivity index (χ2v) is 5.79. The zero-order valence-corrected chi connectivity index (χ0v) is 15.9. The molecule has 0 spiro atoms. The first-order valence-corrected chi connectivity index (χ1v) is 8.68. The molecule has 0 unspecified atom stereocenters. The first-order valence-electron chi connectivity index (χ1n) is 8.68. The Morgan fingerprint density at radius 3 is 2.52 bits per heavy atom. The van der Waals surface area contributed by atoms with Crippen LogP contribution in [0.4, 0.5) is 5.69 Å². The van der Waals surface area contributed by atoms with E-state index in [9.17, 15) is 4.79 Å². The second-order valence-electron chi connectivity index (χ2n) is 5.79. The molecule has 3 N–H and O–H groups in total. The number of rotatable bonds is 8. The molecule has 0 atom stereocenters. The average molecular weight is 370 g/mol. The molecule has 2 rings (SSSR count). The van der Waals surface area contributed by atoms with Crippen molar-refractivity contribution in [1.82, 2.24) is 4.90 Å². The third kappa shape index (κ3) is 5.91. The van der Waals surface area contributed by atoms with Gasteiger partial charge in [-0.15, -0.1) is 0 Å². The van der Waals surface area contributed by atoms with E-state index < -0.39 is 0 Å². The van der Waals surface area contributed by atoms with Crippen LogP contribution in [-0.4, -0.2) is 44.1 Å². The van der Waals surface area contributed by atoms with Gasteiger partial charge in [-0.05, 0) is 24.6 Å². The van der Waals surface area contributed by atoms with Gasteiger partial charge in [0.05, 0.1) is 19.9 Å². The molecule has 2 aromatic rings. The first kappa shape index (κ1) is 20.1. The predicted molar refractivity (Wildman–Crippen MR) is 107 cm³/mol. The summed E-state index contributed by atoms with van der Waals surface area (Å²) in [5, 5.41) is 2.95. The van der Waals surface area contributed by atoms with Gasteiger partial charge in [0.15, 0.2) is 5.96 Å². The Morgan fingerprint density at radius 1 is 1.15 bits per heavy atom. The van der Waals surface area contributed by atoms with Crippen molar-refractivity contribution in [2.75, 3.05) is 32.6 Å². The third-order valence-electron chi connectivity index (χ3n) is 4.00. The molecule has 27 heavy (non-hydrogen) atoms. The van der Waals surface area contributed by atoms with Crippen LogP contribution in [-0.2, 0) is 11.3 Å². The molecule has 7 nitrogen and oxygen atoms in total. The number of ether oxygens (including phenoxy) is 2. The van der Waals surface area contributed by atoms with Gasteiger partial charge in [-0.3, -0.25) is 4.79 Å². The summed E-state index contributed by atoms with van der Waals surface area (Å²) in [6.07, 6.45) is 0. The number of aliphatic imine (C=N–C) groups is 1. The highest BCUT2D eigenvalue weighted by atomic mass is 16.5. The van der Waals surface area contributed by atoms with Gasteiger partial charge in [0.25, 0.3) is 0 Å². The molecule has 0 aliphatic rings. The fourth-order valence-electron chi connectivity index (χ4n) is 2.52. The number of hydrogen-bond donors (Lipinski definition) is 2. The minimum Gasteiger partial charge on any atom is -0.497 e. The van der Waals surface area contributed by atoms with Gasteiger partial charge in [-0.25, -0.2) is 4.99 Å². The Balaban J connectivity index is 2.00. The second kappa shape index (κ2) is 10.1. The maximum atomic E-state index is 12.4. The van der Waals surface area contributed by atoms with E-state index in [1.807, 2.05) is 37.3 Å². The molecule has 0 aliphatic carbocycles. The van der Waals surface area contributed by atoms with Gasteiger partial charge in [0.2, 0.25) is 5.91 Å². The van der Waals surface area contributed by atoms with Crippen molar-refractivity contribution in [3.63, 3.8) is 0 Å². The zero-order chi connectivity index (χ0) is 19.6.